The Balaban J connectivity index is 1.18. The predicted octanol–water partition coefficient (Wildman–Crippen LogP) is 14.8. The quantitative estimate of drug-likeness (QED) is 0.166. The summed E-state index contributed by atoms with van der Waals surface area (Å²) in [6.07, 6.45) is 0. The van der Waals surface area contributed by atoms with E-state index in [0.29, 0.717) is 0 Å². The molecule has 10 rings (SSSR count). The van der Waals surface area contributed by atoms with Gasteiger partial charge in [-0.25, -0.2) is 0 Å². The molecule has 0 atom stereocenters. The normalized spacial score (nSPS) is 14.1. The van der Waals surface area contributed by atoms with Crippen LogP contribution in [0.4, 0.5) is 17.1 Å². The molecule has 8 aromatic carbocycles. The Morgan fingerprint density at radius 3 is 1.22 bits per heavy atom. The molecule has 0 radical (unpaired) electrons. The van der Waals surface area contributed by atoms with E-state index in [0.717, 1.165) is 17.1 Å². The van der Waals surface area contributed by atoms with Gasteiger partial charge in [-0.2, -0.15) is 0 Å². The smallest absolute Gasteiger partial charge is 0.0540 e. The van der Waals surface area contributed by atoms with Crippen molar-refractivity contribution in [2.75, 3.05) is 4.90 Å². The van der Waals surface area contributed by atoms with Gasteiger partial charge < -0.3 is 4.90 Å². The van der Waals surface area contributed by atoms with Crippen LogP contribution in [-0.4, -0.2) is 0 Å². The Kier molecular flexibility index (Phi) is 7.58. The van der Waals surface area contributed by atoms with Crippen molar-refractivity contribution in [2.24, 2.45) is 0 Å². The van der Waals surface area contributed by atoms with Gasteiger partial charge >= 0.3 is 0 Å². The molecule has 0 unspecified atom stereocenters. The molecule has 1 nitrogen and oxygen atoms in total. The Bertz CT molecular complexity index is 2620. The molecule has 0 saturated heterocycles. The van der Waals surface area contributed by atoms with Gasteiger partial charge in [0.25, 0.3) is 0 Å². The third-order valence-electron chi connectivity index (χ3n) is 12.3. The van der Waals surface area contributed by atoms with Crippen molar-refractivity contribution >= 4 is 17.1 Å². The molecule has 0 heterocycles. The topological polar surface area (TPSA) is 3.24 Å². The van der Waals surface area contributed by atoms with Crippen LogP contribution in [0.5, 0.6) is 0 Å². The van der Waals surface area contributed by atoms with E-state index in [1.54, 1.807) is 0 Å². The van der Waals surface area contributed by atoms with Gasteiger partial charge in [0.2, 0.25) is 0 Å². The summed E-state index contributed by atoms with van der Waals surface area (Å²) in [4.78, 5) is 2.46. The first kappa shape index (κ1) is 33.2. The molecule has 0 fully saturated rings. The van der Waals surface area contributed by atoms with Crippen molar-refractivity contribution in [3.8, 4) is 55.6 Å². The molecule has 8 aromatic rings. The zero-order chi connectivity index (χ0) is 37.3. The number of benzene rings is 8. The van der Waals surface area contributed by atoms with Gasteiger partial charge in [0.1, 0.15) is 0 Å². The first-order chi connectivity index (χ1) is 26.8. The maximum atomic E-state index is 2.46. The largest absolute Gasteiger partial charge is 0.310 e. The van der Waals surface area contributed by atoms with Crippen LogP contribution in [0.25, 0.3) is 55.6 Å². The molecule has 0 bridgehead atoms. The number of fused-ring (bicyclic) bond motifs is 6. The summed E-state index contributed by atoms with van der Waals surface area (Å²) in [7, 11) is 0. The molecule has 0 amide bonds. The number of anilines is 3. The summed E-state index contributed by atoms with van der Waals surface area (Å²) >= 11 is 0. The van der Waals surface area contributed by atoms with Crippen molar-refractivity contribution in [3.05, 3.63) is 210 Å². The fraction of sp³-hybridized carbons (Fsp3) is 0.111. The molecule has 0 spiro atoms. The van der Waals surface area contributed by atoms with E-state index in [9.17, 15) is 0 Å². The second-order valence-corrected chi connectivity index (χ2v) is 16.1. The molecule has 2 aliphatic rings. The second kappa shape index (κ2) is 12.6. The van der Waals surface area contributed by atoms with Crippen molar-refractivity contribution in [1.29, 1.82) is 0 Å². The first-order valence-electron chi connectivity index (χ1n) is 19.4. The number of hydrogen-bond acceptors (Lipinski definition) is 1. The summed E-state index contributed by atoms with van der Waals surface area (Å²) in [5.41, 5.74) is 21.5. The van der Waals surface area contributed by atoms with Gasteiger partial charge in [-0.3, -0.25) is 0 Å². The van der Waals surface area contributed by atoms with E-state index in [-0.39, 0.29) is 10.8 Å². The Morgan fingerprint density at radius 2 is 0.691 bits per heavy atom. The highest BCUT2D eigenvalue weighted by Gasteiger charge is 2.38. The van der Waals surface area contributed by atoms with E-state index in [4.69, 9.17) is 0 Å². The van der Waals surface area contributed by atoms with Crippen molar-refractivity contribution < 1.29 is 0 Å². The lowest BCUT2D eigenvalue weighted by molar-refractivity contribution is 0.660. The molecule has 264 valence electrons. The number of hydrogen-bond donors (Lipinski definition) is 0. The van der Waals surface area contributed by atoms with Crippen molar-refractivity contribution in [3.63, 3.8) is 0 Å². The summed E-state index contributed by atoms with van der Waals surface area (Å²) < 4.78 is 0. The highest BCUT2D eigenvalue weighted by atomic mass is 15.1. The minimum atomic E-state index is -0.0615. The lowest BCUT2D eigenvalue weighted by Crippen LogP contribution is -2.14. The molecule has 0 N–H and O–H groups in total. The molecular weight excluding hydrogens is 663 g/mol. The van der Waals surface area contributed by atoms with Crippen LogP contribution in [0.3, 0.4) is 0 Å². The van der Waals surface area contributed by atoms with Gasteiger partial charge in [-0.1, -0.05) is 185 Å². The minimum absolute atomic E-state index is 0.0615. The summed E-state index contributed by atoms with van der Waals surface area (Å²) in [6.45, 7) is 9.42. The van der Waals surface area contributed by atoms with E-state index in [2.05, 4.69) is 221 Å². The summed E-state index contributed by atoms with van der Waals surface area (Å²) in [6, 6.07) is 69.5. The monoisotopic (exact) mass is 705 g/mol. The van der Waals surface area contributed by atoms with Gasteiger partial charge in [0, 0.05) is 27.8 Å². The average Bonchev–Trinajstić information content (AvgIpc) is 3.61. The van der Waals surface area contributed by atoms with E-state index in [1.165, 1.54) is 77.9 Å². The first-order valence-corrected chi connectivity index (χ1v) is 19.4. The molecule has 0 saturated carbocycles. The zero-order valence-electron chi connectivity index (χ0n) is 31.8. The Morgan fingerprint density at radius 1 is 0.309 bits per heavy atom. The van der Waals surface area contributed by atoms with Gasteiger partial charge in [0.15, 0.2) is 0 Å². The fourth-order valence-corrected chi connectivity index (χ4v) is 9.57. The van der Waals surface area contributed by atoms with Crippen LogP contribution in [0, 0.1) is 0 Å². The minimum Gasteiger partial charge on any atom is -0.310 e. The Labute approximate surface area is 325 Å². The Hall–Kier alpha value is -6.44. The van der Waals surface area contributed by atoms with Crippen molar-refractivity contribution in [2.45, 2.75) is 38.5 Å². The molecule has 1 heteroatoms. The van der Waals surface area contributed by atoms with Crippen LogP contribution in [-0.2, 0) is 10.8 Å². The average molecular weight is 706 g/mol. The van der Waals surface area contributed by atoms with E-state index >= 15 is 0 Å². The van der Waals surface area contributed by atoms with Gasteiger partial charge in [-0.05, 0) is 103 Å². The van der Waals surface area contributed by atoms with Crippen LogP contribution < -0.4 is 4.90 Å². The third kappa shape index (κ3) is 5.14. The molecule has 2 aliphatic carbocycles. The van der Waals surface area contributed by atoms with Crippen LogP contribution in [0.15, 0.2) is 188 Å². The van der Waals surface area contributed by atoms with Gasteiger partial charge in [-0.15, -0.1) is 0 Å². The maximum Gasteiger partial charge on any atom is 0.0540 e. The molecule has 55 heavy (non-hydrogen) atoms. The predicted molar refractivity (Wildman–Crippen MR) is 233 cm³/mol. The lowest BCUT2D eigenvalue weighted by Gasteiger charge is -2.29. The fourth-order valence-electron chi connectivity index (χ4n) is 9.57. The van der Waals surface area contributed by atoms with Crippen LogP contribution >= 0.6 is 0 Å². The number of rotatable bonds is 6. The molecule has 0 aromatic heterocycles. The standard InChI is InChI=1S/C54H43N/c1-53(2)46-29-11-8-25-44(46)51-42(27-16-31-48(51)53)37-20-14-22-39(34-37)55(50-33-13-10-24-41(50)36-18-6-5-7-19-36)40-23-15-21-38(35-40)43-28-17-32-49-52(43)45-26-9-12-30-47(45)54(49,3)4/h5-35H,1-4H3. The van der Waals surface area contributed by atoms with E-state index in [1.807, 2.05) is 0 Å². The molecule has 0 aliphatic heterocycles. The molecular formula is C54H43N. The maximum absolute atomic E-state index is 2.46. The highest BCUT2D eigenvalue weighted by molar-refractivity contribution is 5.97. The summed E-state index contributed by atoms with van der Waals surface area (Å²) in [5, 5.41) is 0. The second-order valence-electron chi connectivity index (χ2n) is 16.1. The van der Waals surface area contributed by atoms with Crippen LogP contribution in [0.1, 0.15) is 49.9 Å². The van der Waals surface area contributed by atoms with Crippen molar-refractivity contribution in [1.82, 2.24) is 0 Å². The van der Waals surface area contributed by atoms with Crippen LogP contribution in [0.2, 0.25) is 0 Å². The SMILES string of the molecule is CC1(C)c2ccccc2-c2c(-c3cccc(N(c4cccc(-c5cccc6c5-c5ccccc5C6(C)C)c4)c4ccccc4-c4ccccc4)c3)cccc21. The number of para-hydroxylation sites is 1. The zero-order valence-corrected chi connectivity index (χ0v) is 31.8. The highest BCUT2D eigenvalue weighted by Crippen LogP contribution is 2.54. The van der Waals surface area contributed by atoms with E-state index < -0.39 is 0 Å². The lowest BCUT2D eigenvalue weighted by atomic mass is 9.82. The number of nitrogens with zero attached hydrogens (tertiary/aromatic N) is 1. The summed E-state index contributed by atoms with van der Waals surface area (Å²) in [5.74, 6) is 0. The van der Waals surface area contributed by atoms with Gasteiger partial charge in [0.05, 0.1) is 5.69 Å². The third-order valence-corrected chi connectivity index (χ3v) is 12.3.